The Morgan fingerprint density at radius 3 is 2.46 bits per heavy atom. The number of rotatable bonds is 2. The smallest absolute Gasteiger partial charge is 0.450 e. The average molecular weight is 181 g/mol. The predicted octanol–water partition coefficient (Wildman–Crippen LogP) is 1.51. The van der Waals surface area contributed by atoms with Crippen LogP contribution in [0.2, 0.25) is 0 Å². The van der Waals surface area contributed by atoms with Crippen molar-refractivity contribution < 1.29 is 14.6 Å². The molecule has 1 aromatic carbocycles. The first kappa shape index (κ1) is 9.54. The van der Waals surface area contributed by atoms with Crippen LogP contribution < -0.4 is 5.73 Å². The van der Waals surface area contributed by atoms with Crippen LogP contribution in [0.1, 0.15) is 12.5 Å². The van der Waals surface area contributed by atoms with Gasteiger partial charge in [0.25, 0.3) is 0 Å². The summed E-state index contributed by atoms with van der Waals surface area (Å²) in [6.07, 6.45) is -1.38. The second-order valence-electron chi connectivity index (χ2n) is 2.84. The van der Waals surface area contributed by atoms with Crippen LogP contribution in [0.4, 0.5) is 4.79 Å². The van der Waals surface area contributed by atoms with E-state index in [0.717, 1.165) is 0 Å². The Bertz CT molecular complexity index is 295. The van der Waals surface area contributed by atoms with E-state index in [2.05, 4.69) is 4.74 Å². The van der Waals surface area contributed by atoms with E-state index in [0.29, 0.717) is 5.56 Å². The molecule has 1 unspecified atom stereocenters. The van der Waals surface area contributed by atoms with Gasteiger partial charge in [0, 0.05) is 5.56 Å². The molecule has 1 rings (SSSR count). The van der Waals surface area contributed by atoms with Crippen molar-refractivity contribution in [2.24, 2.45) is 5.73 Å². The van der Waals surface area contributed by atoms with Gasteiger partial charge in [-0.05, 0) is 6.92 Å². The summed E-state index contributed by atoms with van der Waals surface area (Å²) in [5.41, 5.74) is 4.97. The topological polar surface area (TPSA) is 72.5 Å². The van der Waals surface area contributed by atoms with E-state index in [-0.39, 0.29) is 0 Å². The lowest BCUT2D eigenvalue weighted by Gasteiger charge is -2.23. The van der Waals surface area contributed by atoms with Crippen LogP contribution in [0, 0.1) is 0 Å². The molecule has 0 aliphatic heterocycles. The van der Waals surface area contributed by atoms with Gasteiger partial charge in [-0.2, -0.15) is 0 Å². The summed E-state index contributed by atoms with van der Waals surface area (Å²) in [6.45, 7) is 1.50. The number of carboxylic acid groups (broad SMARTS) is 1. The molecule has 0 aromatic heterocycles. The Morgan fingerprint density at radius 1 is 1.46 bits per heavy atom. The molecule has 4 heteroatoms. The zero-order valence-corrected chi connectivity index (χ0v) is 7.23. The Hall–Kier alpha value is -1.55. The molecule has 4 nitrogen and oxygen atoms in total. The third kappa shape index (κ3) is 2.45. The predicted molar refractivity (Wildman–Crippen MR) is 47.1 cm³/mol. The minimum absolute atomic E-state index is 0.623. The van der Waals surface area contributed by atoms with Crippen molar-refractivity contribution >= 4 is 6.16 Å². The van der Waals surface area contributed by atoms with Gasteiger partial charge in [0.15, 0.2) is 5.72 Å². The molecule has 13 heavy (non-hydrogen) atoms. The van der Waals surface area contributed by atoms with E-state index in [1.54, 1.807) is 24.3 Å². The molecule has 0 radical (unpaired) electrons. The third-order valence-corrected chi connectivity index (χ3v) is 1.65. The average Bonchev–Trinajstić information content (AvgIpc) is 2.04. The number of ether oxygens (including phenoxy) is 1. The second kappa shape index (κ2) is 3.45. The number of nitrogens with two attached hydrogens (primary N) is 1. The zero-order chi connectivity index (χ0) is 9.90. The van der Waals surface area contributed by atoms with Crippen LogP contribution in [-0.4, -0.2) is 11.3 Å². The fourth-order valence-corrected chi connectivity index (χ4v) is 1.01. The van der Waals surface area contributed by atoms with Gasteiger partial charge in [0.05, 0.1) is 0 Å². The summed E-state index contributed by atoms with van der Waals surface area (Å²) in [7, 11) is 0. The summed E-state index contributed by atoms with van der Waals surface area (Å²) in [5.74, 6) is 0. The van der Waals surface area contributed by atoms with E-state index < -0.39 is 11.9 Å². The minimum atomic E-state index is -1.38. The fraction of sp³-hybridized carbons (Fsp3) is 0.222. The molecule has 0 spiro atoms. The standard InChI is InChI=1S/C9H11NO3/c1-9(10,13-8(11)12)7-5-3-2-4-6-7/h2-6H,10H2,1H3,(H,11,12). The third-order valence-electron chi connectivity index (χ3n) is 1.65. The Morgan fingerprint density at radius 2 is 2.00 bits per heavy atom. The largest absolute Gasteiger partial charge is 0.507 e. The van der Waals surface area contributed by atoms with E-state index in [1.807, 2.05) is 6.07 Å². The lowest BCUT2D eigenvalue weighted by Crippen LogP contribution is -2.37. The van der Waals surface area contributed by atoms with Gasteiger partial charge in [-0.15, -0.1) is 0 Å². The number of carbonyl (C=O) groups is 1. The molecule has 0 bridgehead atoms. The van der Waals surface area contributed by atoms with Crippen molar-refractivity contribution in [3.05, 3.63) is 35.9 Å². The van der Waals surface area contributed by atoms with Gasteiger partial charge in [-0.1, -0.05) is 30.3 Å². The lowest BCUT2D eigenvalue weighted by atomic mass is 10.1. The van der Waals surface area contributed by atoms with Crippen LogP contribution in [0.3, 0.4) is 0 Å². The Kier molecular flexibility index (Phi) is 2.53. The zero-order valence-electron chi connectivity index (χ0n) is 7.23. The molecule has 1 aromatic rings. The molecule has 0 heterocycles. The molecular formula is C9H11NO3. The summed E-state index contributed by atoms with van der Waals surface area (Å²) >= 11 is 0. The summed E-state index contributed by atoms with van der Waals surface area (Å²) in [6, 6.07) is 8.78. The van der Waals surface area contributed by atoms with Crippen LogP contribution in [0.5, 0.6) is 0 Å². The maximum absolute atomic E-state index is 10.3. The van der Waals surface area contributed by atoms with E-state index in [9.17, 15) is 4.79 Å². The van der Waals surface area contributed by atoms with Gasteiger partial charge < -0.3 is 9.84 Å². The second-order valence-corrected chi connectivity index (χ2v) is 2.84. The number of hydrogen-bond donors (Lipinski definition) is 2. The highest BCUT2D eigenvalue weighted by Gasteiger charge is 2.25. The lowest BCUT2D eigenvalue weighted by molar-refractivity contribution is -0.00687. The van der Waals surface area contributed by atoms with Gasteiger partial charge in [-0.3, -0.25) is 5.73 Å². The monoisotopic (exact) mass is 181 g/mol. The van der Waals surface area contributed by atoms with Crippen LogP contribution in [0.15, 0.2) is 30.3 Å². The molecular weight excluding hydrogens is 170 g/mol. The van der Waals surface area contributed by atoms with Gasteiger partial charge in [0.1, 0.15) is 0 Å². The SMILES string of the molecule is CC(N)(OC(=O)O)c1ccccc1. The Labute approximate surface area is 75.9 Å². The molecule has 1 atom stereocenters. The van der Waals surface area contributed by atoms with Crippen molar-refractivity contribution in [2.75, 3.05) is 0 Å². The highest BCUT2D eigenvalue weighted by molar-refractivity contribution is 5.57. The van der Waals surface area contributed by atoms with Crippen LogP contribution >= 0.6 is 0 Å². The molecule has 0 amide bonds. The van der Waals surface area contributed by atoms with Crippen molar-refractivity contribution in [3.63, 3.8) is 0 Å². The highest BCUT2D eigenvalue weighted by Crippen LogP contribution is 2.18. The van der Waals surface area contributed by atoms with Crippen LogP contribution in [0.25, 0.3) is 0 Å². The molecule has 0 fully saturated rings. The molecule has 0 saturated heterocycles. The van der Waals surface area contributed by atoms with Gasteiger partial charge >= 0.3 is 6.16 Å². The molecule has 0 saturated carbocycles. The highest BCUT2D eigenvalue weighted by atomic mass is 16.7. The normalized spacial score (nSPS) is 14.6. The number of benzene rings is 1. The first-order chi connectivity index (χ1) is 6.02. The first-order valence-electron chi connectivity index (χ1n) is 3.79. The fourth-order valence-electron chi connectivity index (χ4n) is 1.01. The van der Waals surface area contributed by atoms with Crippen molar-refractivity contribution in [2.45, 2.75) is 12.6 Å². The first-order valence-corrected chi connectivity index (χ1v) is 3.79. The summed E-state index contributed by atoms with van der Waals surface area (Å²) < 4.78 is 4.52. The number of hydrogen-bond acceptors (Lipinski definition) is 3. The minimum Gasteiger partial charge on any atom is -0.450 e. The molecule has 0 aliphatic carbocycles. The molecule has 0 aliphatic rings. The molecule has 70 valence electrons. The van der Waals surface area contributed by atoms with Gasteiger partial charge in [-0.25, -0.2) is 4.79 Å². The van der Waals surface area contributed by atoms with Crippen molar-refractivity contribution in [3.8, 4) is 0 Å². The van der Waals surface area contributed by atoms with E-state index in [4.69, 9.17) is 10.8 Å². The van der Waals surface area contributed by atoms with Crippen LogP contribution in [-0.2, 0) is 10.5 Å². The Balaban J connectivity index is 2.87. The molecule has 3 N–H and O–H groups in total. The maximum atomic E-state index is 10.3. The van der Waals surface area contributed by atoms with E-state index in [1.165, 1.54) is 6.92 Å². The summed E-state index contributed by atoms with van der Waals surface area (Å²) in [4.78, 5) is 10.3. The van der Waals surface area contributed by atoms with Crippen molar-refractivity contribution in [1.29, 1.82) is 0 Å². The van der Waals surface area contributed by atoms with Gasteiger partial charge in [0.2, 0.25) is 0 Å². The van der Waals surface area contributed by atoms with E-state index >= 15 is 0 Å². The quantitative estimate of drug-likeness (QED) is 0.535. The van der Waals surface area contributed by atoms with Crippen molar-refractivity contribution in [1.82, 2.24) is 0 Å². The maximum Gasteiger partial charge on any atom is 0.507 e. The summed E-state index contributed by atoms with van der Waals surface area (Å²) in [5, 5.41) is 8.41.